The van der Waals surface area contributed by atoms with E-state index < -0.39 is 0 Å². The molecule has 21 heavy (non-hydrogen) atoms. The Labute approximate surface area is 123 Å². The molecule has 0 aromatic heterocycles. The fourth-order valence-corrected chi connectivity index (χ4v) is 2.50. The SMILES string of the molecule is Nc1ccccc1-c1ccccc1Cc1ccc(F)cc1. The van der Waals surface area contributed by atoms with Gasteiger partial charge in [-0.15, -0.1) is 0 Å². The van der Waals surface area contributed by atoms with Crippen LogP contribution in [-0.2, 0) is 6.42 Å². The molecule has 0 aliphatic carbocycles. The zero-order valence-corrected chi connectivity index (χ0v) is 11.6. The lowest BCUT2D eigenvalue weighted by Gasteiger charge is -2.12. The Hall–Kier alpha value is -2.61. The van der Waals surface area contributed by atoms with Crippen LogP contribution in [0.4, 0.5) is 10.1 Å². The lowest BCUT2D eigenvalue weighted by atomic mass is 9.94. The third-order valence-corrected chi connectivity index (χ3v) is 3.58. The van der Waals surface area contributed by atoms with E-state index in [0.29, 0.717) is 0 Å². The molecule has 0 heterocycles. The van der Waals surface area contributed by atoms with Crippen molar-refractivity contribution in [1.82, 2.24) is 0 Å². The molecule has 2 heteroatoms. The van der Waals surface area contributed by atoms with Gasteiger partial charge in [0.15, 0.2) is 0 Å². The summed E-state index contributed by atoms with van der Waals surface area (Å²) in [5.74, 6) is -0.209. The Bertz CT molecular complexity index is 748. The zero-order valence-electron chi connectivity index (χ0n) is 11.6. The average molecular weight is 277 g/mol. The maximum absolute atomic E-state index is 13.0. The van der Waals surface area contributed by atoms with Gasteiger partial charge >= 0.3 is 0 Å². The van der Waals surface area contributed by atoms with E-state index in [9.17, 15) is 4.39 Å². The Morgan fingerprint density at radius 3 is 2.05 bits per heavy atom. The van der Waals surface area contributed by atoms with Gasteiger partial charge in [0.2, 0.25) is 0 Å². The maximum atomic E-state index is 13.0. The third-order valence-electron chi connectivity index (χ3n) is 3.58. The summed E-state index contributed by atoms with van der Waals surface area (Å²) in [6.45, 7) is 0. The van der Waals surface area contributed by atoms with E-state index in [1.165, 1.54) is 17.7 Å². The second kappa shape index (κ2) is 5.80. The van der Waals surface area contributed by atoms with E-state index >= 15 is 0 Å². The minimum Gasteiger partial charge on any atom is -0.398 e. The van der Waals surface area contributed by atoms with E-state index in [-0.39, 0.29) is 5.82 Å². The molecule has 0 fully saturated rings. The van der Waals surface area contributed by atoms with Gasteiger partial charge in [0.25, 0.3) is 0 Å². The first kappa shape index (κ1) is 13.4. The summed E-state index contributed by atoms with van der Waals surface area (Å²) in [4.78, 5) is 0. The van der Waals surface area contributed by atoms with Crippen LogP contribution in [0, 0.1) is 5.82 Å². The largest absolute Gasteiger partial charge is 0.398 e. The summed E-state index contributed by atoms with van der Waals surface area (Å²) in [6.07, 6.45) is 0.755. The minimum absolute atomic E-state index is 0.209. The standard InChI is InChI=1S/C19H16FN/c20-16-11-9-14(10-12-16)13-15-5-1-2-6-17(15)18-7-3-4-8-19(18)21/h1-12H,13,21H2. The van der Waals surface area contributed by atoms with Crippen molar-refractivity contribution in [3.05, 3.63) is 89.7 Å². The molecule has 2 N–H and O–H groups in total. The molecule has 0 aliphatic rings. The highest BCUT2D eigenvalue weighted by molar-refractivity contribution is 5.78. The normalized spacial score (nSPS) is 10.5. The first-order valence-corrected chi connectivity index (χ1v) is 6.91. The molecule has 104 valence electrons. The number of anilines is 1. The molecule has 0 unspecified atom stereocenters. The topological polar surface area (TPSA) is 26.0 Å². The fourth-order valence-electron chi connectivity index (χ4n) is 2.50. The van der Waals surface area contributed by atoms with Crippen LogP contribution >= 0.6 is 0 Å². The summed E-state index contributed by atoms with van der Waals surface area (Å²) < 4.78 is 13.0. The van der Waals surface area contributed by atoms with Crippen LogP contribution in [0.3, 0.4) is 0 Å². The van der Waals surface area contributed by atoms with Crippen molar-refractivity contribution in [1.29, 1.82) is 0 Å². The first-order chi connectivity index (χ1) is 10.2. The van der Waals surface area contributed by atoms with Crippen molar-refractivity contribution < 1.29 is 4.39 Å². The second-order valence-electron chi connectivity index (χ2n) is 5.05. The molecule has 3 aromatic carbocycles. The van der Waals surface area contributed by atoms with Gasteiger partial charge in [0, 0.05) is 11.3 Å². The molecule has 0 amide bonds. The van der Waals surface area contributed by atoms with Gasteiger partial charge in [0.05, 0.1) is 0 Å². The van der Waals surface area contributed by atoms with Gasteiger partial charge in [-0.3, -0.25) is 0 Å². The number of hydrogen-bond acceptors (Lipinski definition) is 1. The maximum Gasteiger partial charge on any atom is 0.123 e. The van der Waals surface area contributed by atoms with Crippen molar-refractivity contribution in [2.45, 2.75) is 6.42 Å². The van der Waals surface area contributed by atoms with E-state index in [1.807, 2.05) is 48.5 Å². The molecular formula is C19H16FN. The van der Waals surface area contributed by atoms with Crippen LogP contribution in [0.25, 0.3) is 11.1 Å². The fraction of sp³-hybridized carbons (Fsp3) is 0.0526. The predicted molar refractivity (Wildman–Crippen MR) is 85.5 cm³/mol. The summed E-state index contributed by atoms with van der Waals surface area (Å²) in [6, 6.07) is 22.7. The molecule has 0 bridgehead atoms. The zero-order chi connectivity index (χ0) is 14.7. The van der Waals surface area contributed by atoms with Crippen LogP contribution in [-0.4, -0.2) is 0 Å². The van der Waals surface area contributed by atoms with Crippen molar-refractivity contribution in [2.24, 2.45) is 0 Å². The molecule has 3 aromatic rings. The molecule has 0 atom stereocenters. The lowest BCUT2D eigenvalue weighted by molar-refractivity contribution is 0.627. The molecule has 0 saturated heterocycles. The van der Waals surface area contributed by atoms with Crippen LogP contribution in [0.5, 0.6) is 0 Å². The summed E-state index contributed by atoms with van der Waals surface area (Å²) >= 11 is 0. The third kappa shape index (κ3) is 2.95. The number of halogens is 1. The van der Waals surface area contributed by atoms with Crippen LogP contribution in [0.15, 0.2) is 72.8 Å². The monoisotopic (exact) mass is 277 g/mol. The number of nitrogen functional groups attached to an aromatic ring is 1. The molecule has 0 radical (unpaired) electrons. The number of rotatable bonds is 3. The van der Waals surface area contributed by atoms with Gasteiger partial charge in [-0.1, -0.05) is 54.6 Å². The van der Waals surface area contributed by atoms with E-state index in [1.54, 1.807) is 0 Å². The smallest absolute Gasteiger partial charge is 0.123 e. The molecule has 0 saturated carbocycles. The van der Waals surface area contributed by atoms with Crippen LogP contribution in [0.2, 0.25) is 0 Å². The van der Waals surface area contributed by atoms with Gasteiger partial charge < -0.3 is 5.73 Å². The molecule has 0 aliphatic heterocycles. The molecule has 0 spiro atoms. The van der Waals surface area contributed by atoms with Crippen molar-refractivity contribution in [3.8, 4) is 11.1 Å². The average Bonchev–Trinajstić information content (AvgIpc) is 2.51. The minimum atomic E-state index is -0.209. The van der Waals surface area contributed by atoms with E-state index in [0.717, 1.165) is 28.8 Å². The number of benzene rings is 3. The van der Waals surface area contributed by atoms with E-state index in [4.69, 9.17) is 5.73 Å². The van der Waals surface area contributed by atoms with Crippen LogP contribution in [0.1, 0.15) is 11.1 Å². The van der Waals surface area contributed by atoms with Crippen molar-refractivity contribution >= 4 is 5.69 Å². The predicted octanol–water partition coefficient (Wildman–Crippen LogP) is 4.67. The van der Waals surface area contributed by atoms with Gasteiger partial charge in [-0.2, -0.15) is 0 Å². The summed E-state index contributed by atoms with van der Waals surface area (Å²) in [5, 5.41) is 0. The number of nitrogens with two attached hydrogens (primary N) is 1. The van der Waals surface area contributed by atoms with E-state index in [2.05, 4.69) is 12.1 Å². The Morgan fingerprint density at radius 1 is 0.714 bits per heavy atom. The molecule has 3 rings (SSSR count). The van der Waals surface area contributed by atoms with Gasteiger partial charge in [0.1, 0.15) is 5.82 Å². The molecular weight excluding hydrogens is 261 g/mol. The number of para-hydroxylation sites is 1. The molecule has 1 nitrogen and oxygen atoms in total. The van der Waals surface area contributed by atoms with Crippen molar-refractivity contribution in [2.75, 3.05) is 5.73 Å². The Morgan fingerprint density at radius 2 is 1.33 bits per heavy atom. The highest BCUT2D eigenvalue weighted by Gasteiger charge is 2.08. The Kier molecular flexibility index (Phi) is 3.69. The second-order valence-corrected chi connectivity index (χ2v) is 5.05. The van der Waals surface area contributed by atoms with Crippen LogP contribution < -0.4 is 5.73 Å². The van der Waals surface area contributed by atoms with Gasteiger partial charge in [-0.25, -0.2) is 4.39 Å². The highest BCUT2D eigenvalue weighted by atomic mass is 19.1. The van der Waals surface area contributed by atoms with Gasteiger partial charge in [-0.05, 0) is 41.3 Å². The highest BCUT2D eigenvalue weighted by Crippen LogP contribution is 2.29. The summed E-state index contributed by atoms with van der Waals surface area (Å²) in [7, 11) is 0. The first-order valence-electron chi connectivity index (χ1n) is 6.91. The van der Waals surface area contributed by atoms with Crippen molar-refractivity contribution in [3.63, 3.8) is 0 Å². The quantitative estimate of drug-likeness (QED) is 0.692. The lowest BCUT2D eigenvalue weighted by Crippen LogP contribution is -1.95. The number of hydrogen-bond donors (Lipinski definition) is 1. The summed E-state index contributed by atoms with van der Waals surface area (Å²) in [5.41, 5.74) is 11.3. The Balaban J connectivity index is 2.00.